The number of hydrogen-bond acceptors (Lipinski definition) is 4. The fraction of sp³-hybridized carbons (Fsp3) is 0.680. The molecule has 2 amide bonds. The molecule has 0 aliphatic carbocycles. The molecule has 3 saturated heterocycles. The van der Waals surface area contributed by atoms with Gasteiger partial charge in [-0.3, -0.25) is 14.5 Å². The number of fused-ring (bicyclic) bond motifs is 1. The zero-order valence-electron chi connectivity index (χ0n) is 19.4. The Hall–Kier alpha value is -1.92. The van der Waals surface area contributed by atoms with Crippen LogP contribution in [0.4, 0.5) is 0 Å². The van der Waals surface area contributed by atoms with Crippen LogP contribution in [0.3, 0.4) is 0 Å². The van der Waals surface area contributed by atoms with Gasteiger partial charge in [0.15, 0.2) is 0 Å². The number of methoxy groups -OCH3 is 1. The molecule has 3 aliphatic rings. The third-order valence-electron chi connectivity index (χ3n) is 8.02. The van der Waals surface area contributed by atoms with Gasteiger partial charge in [0.2, 0.25) is 5.91 Å². The summed E-state index contributed by atoms with van der Waals surface area (Å²) < 4.78 is 5.31. The Kier molecular flexibility index (Phi) is 6.40. The van der Waals surface area contributed by atoms with E-state index in [1.165, 1.54) is 5.56 Å². The molecule has 3 fully saturated rings. The second-order valence-electron chi connectivity index (χ2n) is 9.78. The summed E-state index contributed by atoms with van der Waals surface area (Å²) >= 11 is 0. The summed E-state index contributed by atoms with van der Waals surface area (Å²) in [7, 11) is 3.67. The predicted octanol–water partition coefficient (Wildman–Crippen LogP) is 2.67. The molecule has 3 aliphatic heterocycles. The lowest BCUT2D eigenvalue weighted by atomic mass is 9.60. The van der Waals surface area contributed by atoms with Crippen molar-refractivity contribution in [3.63, 3.8) is 0 Å². The maximum absolute atomic E-state index is 13.3. The van der Waals surface area contributed by atoms with Gasteiger partial charge in [-0.1, -0.05) is 25.5 Å². The van der Waals surface area contributed by atoms with Crippen LogP contribution in [0.5, 0.6) is 0 Å². The molecule has 170 valence electrons. The number of rotatable bonds is 6. The standard InChI is InChI=1S/C25H37N3O3/c1-4-5-20-6-8-21(9-7-20)22(29)28-14-10-24(11-15-28)18-27(16-17-31-3)19-25(24)12-13-26(2)23(25)30/h6-9H,4-5,10-19H2,1-3H3. The van der Waals surface area contributed by atoms with Crippen molar-refractivity contribution in [1.82, 2.24) is 14.7 Å². The first-order valence-electron chi connectivity index (χ1n) is 11.8. The summed E-state index contributed by atoms with van der Waals surface area (Å²) in [4.78, 5) is 32.8. The highest BCUT2D eigenvalue weighted by molar-refractivity contribution is 5.94. The summed E-state index contributed by atoms with van der Waals surface area (Å²) in [6.07, 6.45) is 4.88. The Bertz CT molecular complexity index is 801. The lowest BCUT2D eigenvalue weighted by molar-refractivity contribution is -0.141. The molecule has 6 heteroatoms. The molecule has 0 N–H and O–H groups in total. The first-order chi connectivity index (χ1) is 14.9. The highest BCUT2D eigenvalue weighted by atomic mass is 16.5. The Morgan fingerprint density at radius 3 is 2.35 bits per heavy atom. The number of ether oxygens (including phenoxy) is 1. The molecular weight excluding hydrogens is 390 g/mol. The fourth-order valence-corrected chi connectivity index (χ4v) is 6.19. The molecule has 0 aromatic heterocycles. The van der Waals surface area contributed by atoms with E-state index < -0.39 is 0 Å². The molecule has 4 rings (SSSR count). The minimum absolute atomic E-state index is 0.0374. The highest BCUT2D eigenvalue weighted by Gasteiger charge is 2.64. The van der Waals surface area contributed by atoms with Crippen LogP contribution in [0.2, 0.25) is 0 Å². The van der Waals surface area contributed by atoms with E-state index in [1.807, 2.05) is 29.0 Å². The van der Waals surface area contributed by atoms with E-state index >= 15 is 0 Å². The summed E-state index contributed by atoms with van der Waals surface area (Å²) in [6.45, 7) is 7.78. The number of likely N-dealkylation sites (tertiary alicyclic amines) is 3. The molecule has 1 unspecified atom stereocenters. The summed E-state index contributed by atoms with van der Waals surface area (Å²) in [5.74, 6) is 0.426. The van der Waals surface area contributed by atoms with Crippen LogP contribution < -0.4 is 0 Å². The van der Waals surface area contributed by atoms with Crippen LogP contribution >= 0.6 is 0 Å². The molecule has 6 nitrogen and oxygen atoms in total. The quantitative estimate of drug-likeness (QED) is 0.701. The van der Waals surface area contributed by atoms with Crippen molar-refractivity contribution in [1.29, 1.82) is 0 Å². The second-order valence-corrected chi connectivity index (χ2v) is 9.78. The average Bonchev–Trinajstić information content (AvgIpc) is 3.25. The van der Waals surface area contributed by atoms with Gasteiger partial charge in [-0.05, 0) is 43.4 Å². The molecule has 0 saturated carbocycles. The smallest absolute Gasteiger partial charge is 0.253 e. The molecule has 3 heterocycles. The van der Waals surface area contributed by atoms with Crippen molar-refractivity contribution in [2.24, 2.45) is 10.8 Å². The molecule has 31 heavy (non-hydrogen) atoms. The van der Waals surface area contributed by atoms with Crippen LogP contribution in [-0.4, -0.2) is 86.5 Å². The third-order valence-corrected chi connectivity index (χ3v) is 8.02. The Morgan fingerprint density at radius 2 is 1.77 bits per heavy atom. The van der Waals surface area contributed by atoms with Gasteiger partial charge in [0, 0.05) is 64.4 Å². The minimum Gasteiger partial charge on any atom is -0.383 e. The van der Waals surface area contributed by atoms with E-state index in [0.29, 0.717) is 12.5 Å². The highest BCUT2D eigenvalue weighted by Crippen LogP contribution is 2.57. The van der Waals surface area contributed by atoms with Gasteiger partial charge in [-0.25, -0.2) is 0 Å². The van der Waals surface area contributed by atoms with Crippen molar-refractivity contribution in [2.75, 3.05) is 60.0 Å². The predicted molar refractivity (Wildman–Crippen MR) is 121 cm³/mol. The maximum atomic E-state index is 13.3. The van der Waals surface area contributed by atoms with Gasteiger partial charge in [0.05, 0.1) is 12.0 Å². The van der Waals surface area contributed by atoms with Gasteiger partial charge in [-0.2, -0.15) is 0 Å². The normalized spacial score (nSPS) is 25.8. The number of piperidine rings is 1. The van der Waals surface area contributed by atoms with Crippen molar-refractivity contribution < 1.29 is 14.3 Å². The fourth-order valence-electron chi connectivity index (χ4n) is 6.19. The zero-order chi connectivity index (χ0) is 22.1. The van der Waals surface area contributed by atoms with Crippen LogP contribution in [0.1, 0.15) is 48.5 Å². The van der Waals surface area contributed by atoms with E-state index in [4.69, 9.17) is 4.74 Å². The van der Waals surface area contributed by atoms with Crippen LogP contribution in [0, 0.1) is 10.8 Å². The second kappa shape index (κ2) is 8.91. The monoisotopic (exact) mass is 427 g/mol. The summed E-state index contributed by atoms with van der Waals surface area (Å²) in [5.41, 5.74) is 1.72. The molecule has 0 radical (unpaired) electrons. The Labute approximate surface area is 186 Å². The van der Waals surface area contributed by atoms with Gasteiger partial charge in [0.25, 0.3) is 5.91 Å². The number of carbonyl (C=O) groups is 2. The summed E-state index contributed by atoms with van der Waals surface area (Å²) in [6, 6.07) is 8.09. The first kappa shape index (κ1) is 22.3. The lowest BCUT2D eigenvalue weighted by Gasteiger charge is -2.47. The number of aryl methyl sites for hydroxylation is 1. The molecule has 1 aromatic carbocycles. The van der Waals surface area contributed by atoms with Gasteiger partial charge in [0.1, 0.15) is 0 Å². The van der Waals surface area contributed by atoms with Crippen molar-refractivity contribution in [3.05, 3.63) is 35.4 Å². The van der Waals surface area contributed by atoms with Crippen LogP contribution in [0.25, 0.3) is 0 Å². The zero-order valence-corrected chi connectivity index (χ0v) is 19.4. The minimum atomic E-state index is -0.299. The average molecular weight is 428 g/mol. The van der Waals surface area contributed by atoms with Crippen molar-refractivity contribution in [3.8, 4) is 0 Å². The number of nitrogens with zero attached hydrogens (tertiary/aromatic N) is 3. The molecule has 1 aromatic rings. The Morgan fingerprint density at radius 1 is 1.06 bits per heavy atom. The van der Waals surface area contributed by atoms with Crippen molar-refractivity contribution in [2.45, 2.75) is 39.0 Å². The van der Waals surface area contributed by atoms with E-state index in [0.717, 1.165) is 76.9 Å². The largest absolute Gasteiger partial charge is 0.383 e. The number of amides is 2. The first-order valence-corrected chi connectivity index (χ1v) is 11.8. The Balaban J connectivity index is 1.48. The number of benzene rings is 1. The summed E-state index contributed by atoms with van der Waals surface area (Å²) in [5, 5.41) is 0. The molecule has 1 atom stereocenters. The van der Waals surface area contributed by atoms with E-state index in [-0.39, 0.29) is 16.7 Å². The third kappa shape index (κ3) is 3.89. The lowest BCUT2D eigenvalue weighted by Crippen LogP contribution is -2.53. The van der Waals surface area contributed by atoms with Crippen LogP contribution in [0.15, 0.2) is 24.3 Å². The molecule has 2 spiro atoms. The molecular formula is C25H37N3O3. The van der Waals surface area contributed by atoms with Crippen LogP contribution in [-0.2, 0) is 16.0 Å². The molecule has 0 bridgehead atoms. The maximum Gasteiger partial charge on any atom is 0.253 e. The van der Waals surface area contributed by atoms with E-state index in [2.05, 4.69) is 24.0 Å². The van der Waals surface area contributed by atoms with Gasteiger partial charge >= 0.3 is 0 Å². The SMILES string of the molecule is CCCc1ccc(C(=O)N2CCC3(CC2)CN(CCOC)CC32CCN(C)C2=O)cc1. The van der Waals surface area contributed by atoms with E-state index in [9.17, 15) is 9.59 Å². The number of carbonyl (C=O) groups excluding carboxylic acids is 2. The van der Waals surface area contributed by atoms with Gasteiger partial charge in [-0.15, -0.1) is 0 Å². The van der Waals surface area contributed by atoms with E-state index in [1.54, 1.807) is 7.11 Å². The van der Waals surface area contributed by atoms with Gasteiger partial charge < -0.3 is 14.5 Å². The van der Waals surface area contributed by atoms with Crippen molar-refractivity contribution >= 4 is 11.8 Å². The number of hydrogen-bond donors (Lipinski definition) is 0. The topological polar surface area (TPSA) is 53.1 Å².